The number of benzene rings is 1. The summed E-state index contributed by atoms with van der Waals surface area (Å²) in [6.07, 6.45) is 1.20. The maximum Gasteiger partial charge on any atom is 0.297 e. The fourth-order valence-corrected chi connectivity index (χ4v) is 1.88. The molecule has 0 aliphatic carbocycles. The Hall–Kier alpha value is -2.39. The van der Waals surface area contributed by atoms with E-state index in [-0.39, 0.29) is 23.0 Å². The van der Waals surface area contributed by atoms with E-state index in [0.717, 1.165) is 4.57 Å². The highest BCUT2D eigenvalue weighted by Gasteiger charge is 2.12. The molecular formula is C13H9ClFN3O2. The minimum Gasteiger partial charge on any atom is -0.489 e. The van der Waals surface area contributed by atoms with Crippen molar-refractivity contribution in [3.8, 4) is 11.8 Å². The molecule has 5 nitrogen and oxygen atoms in total. The standard InChI is InChI=1S/C13H9ClFN3O2/c1-20-11-12(14)17-7-18(13(11)19)6-9-4-8(5-16)2-3-10(9)15/h2-4,7H,6H2,1H3. The molecule has 2 rings (SSSR count). The molecule has 102 valence electrons. The minimum atomic E-state index is -0.519. The lowest BCUT2D eigenvalue weighted by atomic mass is 10.1. The predicted molar refractivity (Wildman–Crippen MR) is 70.3 cm³/mol. The van der Waals surface area contributed by atoms with Crippen molar-refractivity contribution >= 4 is 11.6 Å². The summed E-state index contributed by atoms with van der Waals surface area (Å²) in [6.45, 7) is -0.0687. The second-order valence-corrected chi connectivity index (χ2v) is 4.28. The van der Waals surface area contributed by atoms with Crippen molar-refractivity contribution in [2.75, 3.05) is 7.11 Å². The van der Waals surface area contributed by atoms with E-state index in [2.05, 4.69) is 4.98 Å². The monoisotopic (exact) mass is 293 g/mol. The first kappa shape index (κ1) is 14.0. The maximum absolute atomic E-state index is 13.7. The Morgan fingerprint density at radius 2 is 2.30 bits per heavy atom. The number of aromatic nitrogens is 2. The SMILES string of the molecule is COc1c(Cl)ncn(Cc2cc(C#N)ccc2F)c1=O. The minimum absolute atomic E-state index is 0.0556. The fraction of sp³-hybridized carbons (Fsp3) is 0.154. The Bertz CT molecular complexity index is 752. The zero-order valence-electron chi connectivity index (χ0n) is 10.4. The van der Waals surface area contributed by atoms with Crippen LogP contribution >= 0.6 is 11.6 Å². The molecule has 0 unspecified atom stereocenters. The summed E-state index contributed by atoms with van der Waals surface area (Å²) in [5.74, 6) is -0.615. The number of hydrogen-bond acceptors (Lipinski definition) is 4. The van der Waals surface area contributed by atoms with Crippen LogP contribution in [0.3, 0.4) is 0 Å². The molecule has 0 N–H and O–H groups in total. The van der Waals surface area contributed by atoms with E-state index in [1.807, 2.05) is 6.07 Å². The highest BCUT2D eigenvalue weighted by molar-refractivity contribution is 6.30. The molecule has 0 aliphatic rings. The van der Waals surface area contributed by atoms with Gasteiger partial charge in [-0.25, -0.2) is 9.37 Å². The smallest absolute Gasteiger partial charge is 0.297 e. The van der Waals surface area contributed by atoms with Crippen LogP contribution < -0.4 is 10.3 Å². The number of ether oxygens (including phenoxy) is 1. The topological polar surface area (TPSA) is 67.9 Å². The first-order chi connectivity index (χ1) is 9.56. The van der Waals surface area contributed by atoms with Crippen LogP contribution in [0, 0.1) is 17.1 Å². The van der Waals surface area contributed by atoms with Crippen LogP contribution in [0.25, 0.3) is 0 Å². The van der Waals surface area contributed by atoms with Gasteiger partial charge in [0.05, 0.1) is 31.6 Å². The van der Waals surface area contributed by atoms with E-state index >= 15 is 0 Å². The van der Waals surface area contributed by atoms with E-state index < -0.39 is 11.4 Å². The molecule has 1 aromatic heterocycles. The third-order valence-electron chi connectivity index (χ3n) is 2.67. The van der Waals surface area contributed by atoms with Crippen molar-refractivity contribution < 1.29 is 9.13 Å². The molecule has 0 fully saturated rings. The van der Waals surface area contributed by atoms with Crippen molar-refractivity contribution in [2.24, 2.45) is 0 Å². The van der Waals surface area contributed by atoms with Gasteiger partial charge in [-0.15, -0.1) is 0 Å². The predicted octanol–water partition coefficient (Wildman–Crippen LogP) is 1.96. The van der Waals surface area contributed by atoms with E-state index in [1.54, 1.807) is 0 Å². The Balaban J connectivity index is 2.46. The van der Waals surface area contributed by atoms with Crippen LogP contribution in [0.4, 0.5) is 4.39 Å². The molecule has 0 radical (unpaired) electrons. The number of rotatable bonds is 3. The van der Waals surface area contributed by atoms with E-state index in [4.69, 9.17) is 21.6 Å². The molecule has 0 atom stereocenters. The quantitative estimate of drug-likeness (QED) is 0.811. The first-order valence-corrected chi connectivity index (χ1v) is 5.92. The van der Waals surface area contributed by atoms with Crippen molar-refractivity contribution in [3.05, 3.63) is 57.0 Å². The van der Waals surface area contributed by atoms with E-state index in [0.29, 0.717) is 5.56 Å². The number of methoxy groups -OCH3 is 1. The first-order valence-electron chi connectivity index (χ1n) is 5.54. The van der Waals surface area contributed by atoms with Crippen molar-refractivity contribution in [2.45, 2.75) is 6.54 Å². The van der Waals surface area contributed by atoms with Crippen LogP contribution in [-0.2, 0) is 6.54 Å². The second-order valence-electron chi connectivity index (χ2n) is 3.92. The van der Waals surface area contributed by atoms with Gasteiger partial charge in [-0.2, -0.15) is 5.26 Å². The van der Waals surface area contributed by atoms with E-state index in [9.17, 15) is 9.18 Å². The molecular weight excluding hydrogens is 285 g/mol. The second kappa shape index (κ2) is 5.72. The average molecular weight is 294 g/mol. The molecule has 1 heterocycles. The third kappa shape index (κ3) is 2.63. The maximum atomic E-state index is 13.7. The number of nitrogens with zero attached hydrogens (tertiary/aromatic N) is 3. The molecule has 20 heavy (non-hydrogen) atoms. The molecule has 0 amide bonds. The van der Waals surface area contributed by atoms with Gasteiger partial charge in [0.1, 0.15) is 5.82 Å². The summed E-state index contributed by atoms with van der Waals surface area (Å²) in [7, 11) is 1.30. The molecule has 0 aliphatic heterocycles. The van der Waals surface area contributed by atoms with Gasteiger partial charge in [-0.3, -0.25) is 9.36 Å². The molecule has 0 bridgehead atoms. The van der Waals surface area contributed by atoms with Crippen molar-refractivity contribution in [1.29, 1.82) is 5.26 Å². The van der Waals surface area contributed by atoms with Gasteiger partial charge >= 0.3 is 0 Å². The van der Waals surface area contributed by atoms with Crippen molar-refractivity contribution in [1.82, 2.24) is 9.55 Å². The van der Waals surface area contributed by atoms with Gasteiger partial charge in [0.15, 0.2) is 5.15 Å². The molecule has 0 saturated carbocycles. The van der Waals surface area contributed by atoms with Gasteiger partial charge < -0.3 is 4.74 Å². The van der Waals surface area contributed by atoms with Gasteiger partial charge in [-0.1, -0.05) is 11.6 Å². The summed E-state index contributed by atoms with van der Waals surface area (Å²) >= 11 is 5.72. The zero-order chi connectivity index (χ0) is 14.7. The van der Waals surface area contributed by atoms with Gasteiger partial charge in [0.25, 0.3) is 5.56 Å². The average Bonchev–Trinajstić information content (AvgIpc) is 2.44. The number of hydrogen-bond donors (Lipinski definition) is 0. The normalized spacial score (nSPS) is 10.1. The highest BCUT2D eigenvalue weighted by atomic mass is 35.5. The summed E-state index contributed by atoms with van der Waals surface area (Å²) in [6, 6.07) is 5.83. The van der Waals surface area contributed by atoms with Crippen LogP contribution in [-0.4, -0.2) is 16.7 Å². The van der Waals surface area contributed by atoms with Gasteiger partial charge in [-0.05, 0) is 18.2 Å². The summed E-state index contributed by atoms with van der Waals surface area (Å²) in [5.41, 5.74) is -0.00470. The van der Waals surface area contributed by atoms with Crippen LogP contribution in [0.2, 0.25) is 5.15 Å². The fourth-order valence-electron chi connectivity index (χ4n) is 1.68. The van der Waals surface area contributed by atoms with Crippen LogP contribution in [0.15, 0.2) is 29.3 Å². The van der Waals surface area contributed by atoms with E-state index in [1.165, 1.54) is 31.6 Å². The third-order valence-corrected chi connectivity index (χ3v) is 2.94. The lowest BCUT2D eigenvalue weighted by Crippen LogP contribution is -2.23. The number of nitriles is 1. The van der Waals surface area contributed by atoms with Crippen LogP contribution in [0.5, 0.6) is 5.75 Å². The number of halogens is 2. The molecule has 7 heteroatoms. The lowest BCUT2D eigenvalue weighted by Gasteiger charge is -2.09. The Labute approximate surface area is 118 Å². The summed E-state index contributed by atoms with van der Waals surface area (Å²) in [4.78, 5) is 15.8. The highest BCUT2D eigenvalue weighted by Crippen LogP contribution is 2.16. The largest absolute Gasteiger partial charge is 0.489 e. The Kier molecular flexibility index (Phi) is 4.01. The molecule has 0 spiro atoms. The summed E-state index contributed by atoms with van der Waals surface area (Å²) in [5, 5.41) is 8.75. The summed E-state index contributed by atoms with van der Waals surface area (Å²) < 4.78 is 19.7. The molecule has 1 aromatic carbocycles. The van der Waals surface area contributed by atoms with Crippen LogP contribution in [0.1, 0.15) is 11.1 Å². The molecule has 2 aromatic rings. The Morgan fingerprint density at radius 1 is 1.55 bits per heavy atom. The van der Waals surface area contributed by atoms with Gasteiger partial charge in [0, 0.05) is 5.56 Å². The lowest BCUT2D eigenvalue weighted by molar-refractivity contribution is 0.400. The Morgan fingerprint density at radius 3 is 2.95 bits per heavy atom. The molecule has 0 saturated heterocycles. The van der Waals surface area contributed by atoms with Crippen molar-refractivity contribution in [3.63, 3.8) is 0 Å². The van der Waals surface area contributed by atoms with Gasteiger partial charge in [0.2, 0.25) is 5.75 Å². The zero-order valence-corrected chi connectivity index (χ0v) is 11.2.